The zero-order chi connectivity index (χ0) is 58.5. The molecule has 2 heterocycles. The van der Waals surface area contributed by atoms with Gasteiger partial charge < -0.3 is 55.6 Å². The second-order valence-electron chi connectivity index (χ2n) is 24.1. The van der Waals surface area contributed by atoms with E-state index in [2.05, 4.69) is 21.3 Å². The Balaban J connectivity index is 1.46. The number of carbonyl (C=O) groups is 11. The molecule has 4 N–H and O–H groups in total. The van der Waals surface area contributed by atoms with Gasteiger partial charge in [0.05, 0.1) is 26.2 Å². The van der Waals surface area contributed by atoms with E-state index in [1.807, 2.05) is 13.8 Å². The van der Waals surface area contributed by atoms with Crippen LogP contribution in [-0.4, -0.2) is 216 Å². The molecule has 2 aliphatic heterocycles. The molecule has 0 bridgehead atoms. The van der Waals surface area contributed by atoms with Gasteiger partial charge in [0.15, 0.2) is 0 Å². The zero-order valence-corrected chi connectivity index (χ0v) is 49.4. The molecule has 0 radical (unpaired) electrons. The molecule has 0 aromatic carbocycles. The third-order valence-corrected chi connectivity index (χ3v) is 17.7. The number of rotatable bonds is 6. The first-order valence-electron chi connectivity index (χ1n) is 29.3. The highest BCUT2D eigenvalue weighted by molar-refractivity contribution is 5.99. The molecule has 3 aliphatic carbocycles. The Labute approximate surface area is 468 Å². The highest BCUT2D eigenvalue weighted by Gasteiger charge is 2.49. The molecule has 22 nitrogen and oxygen atoms in total. The number of hydrogen-bond donors (Lipinski definition) is 4. The molecule has 11 amide bonds. The van der Waals surface area contributed by atoms with Crippen molar-refractivity contribution in [1.29, 1.82) is 0 Å². The molecule has 0 aromatic rings. The quantitative estimate of drug-likeness (QED) is 0.299. The van der Waals surface area contributed by atoms with Crippen LogP contribution in [0.3, 0.4) is 0 Å². The maximum absolute atomic E-state index is 14.7. The molecule has 5 aliphatic rings. The van der Waals surface area contributed by atoms with E-state index in [1.165, 1.54) is 69.5 Å². The highest BCUT2D eigenvalue weighted by Crippen LogP contribution is 2.35. The first-order valence-corrected chi connectivity index (χ1v) is 29.3. The van der Waals surface area contributed by atoms with Crippen LogP contribution in [0.1, 0.15) is 157 Å². The number of nitrogens with one attached hydrogen (secondary N) is 4. The van der Waals surface area contributed by atoms with Crippen molar-refractivity contribution in [2.75, 3.05) is 75.0 Å². The summed E-state index contributed by atoms with van der Waals surface area (Å²) in [7, 11) is 8.93. The van der Waals surface area contributed by atoms with Gasteiger partial charge in [-0.25, -0.2) is 0 Å². The van der Waals surface area contributed by atoms with Gasteiger partial charge in [0, 0.05) is 61.3 Å². The summed E-state index contributed by atoms with van der Waals surface area (Å²) in [5.74, 6) is -6.53. The number of carbonyl (C=O) groups excluding carboxylic acids is 11. The second-order valence-corrected chi connectivity index (χ2v) is 24.1. The van der Waals surface area contributed by atoms with Crippen LogP contribution in [-0.2, 0) is 52.7 Å². The first kappa shape index (κ1) is 64.0. The van der Waals surface area contributed by atoms with Gasteiger partial charge in [-0.1, -0.05) is 98.3 Å². The van der Waals surface area contributed by atoms with Crippen LogP contribution in [0.2, 0.25) is 0 Å². The van der Waals surface area contributed by atoms with Crippen LogP contribution in [0, 0.1) is 23.7 Å². The summed E-state index contributed by atoms with van der Waals surface area (Å²) in [4.78, 5) is 165. The summed E-state index contributed by atoms with van der Waals surface area (Å²) >= 11 is 0. The summed E-state index contributed by atoms with van der Waals surface area (Å²) in [5.41, 5.74) is -1.35. The molecule has 2 saturated heterocycles. The van der Waals surface area contributed by atoms with E-state index in [4.69, 9.17) is 0 Å². The van der Waals surface area contributed by atoms with E-state index >= 15 is 0 Å². The monoisotopic (exact) mass is 1110 g/mol. The Morgan fingerprint density at radius 1 is 0.582 bits per heavy atom. The van der Waals surface area contributed by atoms with Crippen LogP contribution in [0.15, 0.2) is 0 Å². The van der Waals surface area contributed by atoms with Gasteiger partial charge in [0.1, 0.15) is 35.7 Å². The number of hydrogen-bond acceptors (Lipinski definition) is 11. The van der Waals surface area contributed by atoms with Crippen LogP contribution < -0.4 is 21.3 Å². The number of nitrogens with zero attached hydrogens (tertiary/aromatic N) is 7. The predicted octanol–water partition coefficient (Wildman–Crippen LogP) is 2.02. The van der Waals surface area contributed by atoms with Crippen molar-refractivity contribution in [1.82, 2.24) is 55.6 Å². The predicted molar refractivity (Wildman–Crippen MR) is 296 cm³/mol. The van der Waals surface area contributed by atoms with Crippen LogP contribution >= 0.6 is 0 Å². The molecule has 7 atom stereocenters. The molecule has 444 valence electrons. The zero-order valence-electron chi connectivity index (χ0n) is 49.4. The molecule has 0 aromatic heterocycles. The topological polar surface area (TPSA) is 259 Å². The number of likely N-dealkylation sites (N-methyl/N-ethyl adjacent to an activating group) is 6. The summed E-state index contributed by atoms with van der Waals surface area (Å²) in [6.07, 6.45) is 12.2. The van der Waals surface area contributed by atoms with Gasteiger partial charge in [-0.3, -0.25) is 52.7 Å². The Morgan fingerprint density at radius 2 is 1.18 bits per heavy atom. The molecule has 5 rings (SSSR count). The van der Waals surface area contributed by atoms with E-state index in [-0.39, 0.29) is 30.7 Å². The Hall–Kier alpha value is -5.83. The fourth-order valence-electron chi connectivity index (χ4n) is 12.7. The minimum absolute atomic E-state index is 0.135. The Kier molecular flexibility index (Phi) is 23.5. The number of amides is 11. The summed E-state index contributed by atoms with van der Waals surface area (Å²) in [6.45, 7) is 7.50. The van der Waals surface area contributed by atoms with Crippen molar-refractivity contribution >= 4 is 65.0 Å². The molecular formula is C57H95N11O11. The van der Waals surface area contributed by atoms with Gasteiger partial charge in [-0.2, -0.15) is 0 Å². The van der Waals surface area contributed by atoms with Crippen molar-refractivity contribution < 1.29 is 52.7 Å². The lowest BCUT2D eigenvalue weighted by molar-refractivity contribution is -0.149. The molecule has 6 unspecified atom stereocenters. The Bertz CT molecular complexity index is 2210. The van der Waals surface area contributed by atoms with Gasteiger partial charge >= 0.3 is 0 Å². The average molecular weight is 1110 g/mol. The lowest BCUT2D eigenvalue weighted by atomic mass is 9.82. The molecule has 22 heteroatoms. The van der Waals surface area contributed by atoms with Crippen molar-refractivity contribution in [2.45, 2.75) is 198 Å². The van der Waals surface area contributed by atoms with E-state index in [0.29, 0.717) is 64.2 Å². The molecular weight excluding hydrogens is 1010 g/mol. The van der Waals surface area contributed by atoms with Crippen molar-refractivity contribution in [3.8, 4) is 0 Å². The van der Waals surface area contributed by atoms with E-state index in [9.17, 15) is 52.7 Å². The van der Waals surface area contributed by atoms with Crippen molar-refractivity contribution in [2.24, 2.45) is 23.7 Å². The van der Waals surface area contributed by atoms with Crippen molar-refractivity contribution in [3.63, 3.8) is 0 Å². The van der Waals surface area contributed by atoms with Gasteiger partial charge in [-0.05, 0) is 75.5 Å². The van der Waals surface area contributed by atoms with E-state index in [1.54, 1.807) is 27.8 Å². The number of fused-ring (bicyclic) bond motifs is 1. The SMILES string of the molecule is CC[C@H](C)C1NC(=O)C(C2CCCCC2)N(C)C(=O)CC(C)NC(=O)C(C(C)C)N(C)C(=O)C2(CCCC2)NC(=O)C2CCCN2C(=O)CNC(=O)CN(C)C(=O)C(CC2CCCCC2)N(C)C(=O)CN(C)C(=O)CN(C)C1=O. The summed E-state index contributed by atoms with van der Waals surface area (Å²) < 4.78 is 0. The van der Waals surface area contributed by atoms with Crippen LogP contribution in [0.5, 0.6) is 0 Å². The minimum Gasteiger partial charge on any atom is -0.351 e. The lowest BCUT2D eigenvalue weighted by Gasteiger charge is -2.39. The van der Waals surface area contributed by atoms with Gasteiger partial charge in [-0.15, -0.1) is 0 Å². The minimum atomic E-state index is -1.35. The average Bonchev–Trinajstić information content (AvgIpc) is 4.28. The largest absolute Gasteiger partial charge is 0.351 e. The smallest absolute Gasteiger partial charge is 0.248 e. The van der Waals surface area contributed by atoms with Crippen LogP contribution in [0.25, 0.3) is 0 Å². The van der Waals surface area contributed by atoms with Crippen LogP contribution in [0.4, 0.5) is 0 Å². The first-order chi connectivity index (χ1) is 37.3. The lowest BCUT2D eigenvalue weighted by Crippen LogP contribution is -2.64. The fraction of sp³-hybridized carbons (Fsp3) is 0.807. The maximum atomic E-state index is 14.7. The molecule has 1 spiro atoms. The molecule has 5 fully saturated rings. The molecule has 3 saturated carbocycles. The third kappa shape index (κ3) is 16.4. The van der Waals surface area contributed by atoms with E-state index in [0.717, 1.165) is 51.4 Å². The van der Waals surface area contributed by atoms with Crippen molar-refractivity contribution in [3.05, 3.63) is 0 Å². The summed E-state index contributed by atoms with van der Waals surface area (Å²) in [6, 6.07) is -5.67. The van der Waals surface area contributed by atoms with Gasteiger partial charge in [0.2, 0.25) is 65.0 Å². The Morgan fingerprint density at radius 3 is 1.78 bits per heavy atom. The van der Waals surface area contributed by atoms with E-state index < -0.39 is 139 Å². The maximum Gasteiger partial charge on any atom is 0.248 e. The normalized spacial score (nSPS) is 28.5. The highest BCUT2D eigenvalue weighted by atomic mass is 16.2. The second kappa shape index (κ2) is 29.1. The fourth-order valence-corrected chi connectivity index (χ4v) is 12.7. The summed E-state index contributed by atoms with van der Waals surface area (Å²) in [5, 5.41) is 11.6. The molecule has 79 heavy (non-hydrogen) atoms. The van der Waals surface area contributed by atoms with Gasteiger partial charge in [0.25, 0.3) is 0 Å². The third-order valence-electron chi connectivity index (χ3n) is 17.7. The standard InChI is InChI=1S/C57H95N11O11/c1-12-37(4)48-55(78)64(8)34-46(72)62(6)35-47(73)65(9)42(31-39-22-15-13-16-23-39)54(77)63(7)33-43(69)58-32-45(71)68-29-21-26-41(68)51(74)61-57(27-19-20-28-57)56(79)67(11)49(36(2)3)52(75)59-38(5)30-44(70)66(10)50(53(76)60-48)40-24-17-14-18-25-40/h36-42,48-50H,12-35H2,1-11H3,(H,58,69)(H,59,75)(H,60,76)(H,61,74)/t37-,38?,41?,42?,48?,49?,50?/m0/s1.